The van der Waals surface area contributed by atoms with Crippen LogP contribution in [0.4, 0.5) is 5.82 Å². The van der Waals surface area contributed by atoms with E-state index in [0.717, 1.165) is 49.3 Å². The molecule has 4 rings (SSSR count). The van der Waals surface area contributed by atoms with Crippen molar-refractivity contribution in [1.82, 2.24) is 4.98 Å². The monoisotopic (exact) mass is 395 g/mol. The summed E-state index contributed by atoms with van der Waals surface area (Å²) < 4.78 is 5.54. The van der Waals surface area contributed by atoms with Gasteiger partial charge in [-0.15, -0.1) is 24.8 Å². The van der Waals surface area contributed by atoms with E-state index in [4.69, 9.17) is 10.5 Å². The average molecular weight is 396 g/mol. The molecule has 0 bridgehead atoms. The Labute approximate surface area is 165 Å². The second-order valence-corrected chi connectivity index (χ2v) is 6.59. The Balaban J connectivity index is 0.00000121. The second kappa shape index (κ2) is 8.71. The summed E-state index contributed by atoms with van der Waals surface area (Å²) >= 11 is 0. The third-order valence-electron chi connectivity index (χ3n) is 4.83. The Morgan fingerprint density at radius 3 is 2.81 bits per heavy atom. The number of aromatic nitrogens is 1. The summed E-state index contributed by atoms with van der Waals surface area (Å²) in [5.74, 6) is 1.58. The lowest BCUT2D eigenvalue weighted by Crippen LogP contribution is -2.23. The molecule has 5 nitrogen and oxygen atoms in total. The number of halogens is 2. The van der Waals surface area contributed by atoms with Crippen molar-refractivity contribution < 1.29 is 9.53 Å². The van der Waals surface area contributed by atoms with Gasteiger partial charge in [0, 0.05) is 23.9 Å². The second-order valence-electron chi connectivity index (χ2n) is 6.59. The quantitative estimate of drug-likeness (QED) is 0.831. The van der Waals surface area contributed by atoms with Crippen LogP contribution in [-0.2, 0) is 11.2 Å². The Morgan fingerprint density at radius 1 is 1.19 bits per heavy atom. The zero-order valence-corrected chi connectivity index (χ0v) is 15.9. The Kier molecular flexibility index (Phi) is 6.87. The molecule has 1 fully saturated rings. The van der Waals surface area contributed by atoms with Gasteiger partial charge in [0.05, 0.1) is 12.3 Å². The van der Waals surface area contributed by atoms with Crippen molar-refractivity contribution in [2.24, 2.45) is 11.7 Å². The van der Waals surface area contributed by atoms with E-state index in [-0.39, 0.29) is 42.7 Å². The molecule has 1 aromatic heterocycles. The van der Waals surface area contributed by atoms with Gasteiger partial charge in [-0.1, -0.05) is 6.07 Å². The van der Waals surface area contributed by atoms with Gasteiger partial charge >= 0.3 is 0 Å². The molecule has 140 valence electrons. The Morgan fingerprint density at radius 2 is 2.04 bits per heavy atom. The number of hydrogen-bond acceptors (Lipinski definition) is 4. The molecular weight excluding hydrogens is 373 g/mol. The topological polar surface area (TPSA) is 77.2 Å². The molecule has 2 unspecified atom stereocenters. The third kappa shape index (κ3) is 4.29. The van der Waals surface area contributed by atoms with Crippen LogP contribution >= 0.6 is 24.8 Å². The SMILES string of the molecule is Cl.Cl.NC1CCC(C(=O)Nc2cccc(-c3ccc4c(c3)CCO4)n2)C1. The number of hydrogen-bond donors (Lipinski definition) is 2. The van der Waals surface area contributed by atoms with E-state index in [1.807, 2.05) is 30.3 Å². The number of amides is 1. The first-order valence-electron chi connectivity index (χ1n) is 8.48. The standard InChI is InChI=1S/C19H21N3O2.2ClH/c20-15-6-4-14(11-15)19(23)22-18-3-1-2-16(21-18)12-5-7-17-13(10-12)8-9-24-17;;/h1-3,5,7,10,14-15H,4,6,8-9,11,20H2,(H,21,22,23);2*1H. The lowest BCUT2D eigenvalue weighted by molar-refractivity contribution is -0.119. The van der Waals surface area contributed by atoms with Gasteiger partial charge in [0.25, 0.3) is 0 Å². The highest BCUT2D eigenvalue weighted by Gasteiger charge is 2.27. The van der Waals surface area contributed by atoms with Crippen molar-refractivity contribution >= 4 is 36.5 Å². The van der Waals surface area contributed by atoms with E-state index in [1.165, 1.54) is 5.56 Å². The number of carbonyl (C=O) groups excluding carboxylic acids is 1. The predicted molar refractivity (Wildman–Crippen MR) is 107 cm³/mol. The minimum Gasteiger partial charge on any atom is -0.493 e. The first-order chi connectivity index (χ1) is 11.7. The van der Waals surface area contributed by atoms with Crippen molar-refractivity contribution in [2.45, 2.75) is 31.7 Å². The van der Waals surface area contributed by atoms with Crippen LogP contribution in [0, 0.1) is 5.92 Å². The maximum Gasteiger partial charge on any atom is 0.228 e. The lowest BCUT2D eigenvalue weighted by atomic mass is 10.1. The van der Waals surface area contributed by atoms with Gasteiger partial charge in [-0.05, 0) is 55.2 Å². The van der Waals surface area contributed by atoms with Gasteiger partial charge in [0.1, 0.15) is 11.6 Å². The molecule has 0 saturated heterocycles. The molecule has 1 saturated carbocycles. The van der Waals surface area contributed by atoms with Crippen LogP contribution in [0.5, 0.6) is 5.75 Å². The van der Waals surface area contributed by atoms with Crippen molar-refractivity contribution in [3.8, 4) is 17.0 Å². The van der Waals surface area contributed by atoms with Crippen LogP contribution in [-0.4, -0.2) is 23.5 Å². The highest BCUT2D eigenvalue weighted by atomic mass is 35.5. The number of benzene rings is 1. The molecule has 2 aliphatic rings. The van der Waals surface area contributed by atoms with E-state index in [0.29, 0.717) is 5.82 Å². The van der Waals surface area contributed by atoms with Crippen LogP contribution in [0.25, 0.3) is 11.3 Å². The fraction of sp³-hybridized carbons (Fsp3) is 0.368. The molecule has 3 N–H and O–H groups in total. The molecule has 7 heteroatoms. The zero-order valence-electron chi connectivity index (χ0n) is 14.3. The maximum atomic E-state index is 12.3. The summed E-state index contributed by atoms with van der Waals surface area (Å²) in [4.78, 5) is 16.9. The van der Waals surface area contributed by atoms with Gasteiger partial charge < -0.3 is 15.8 Å². The van der Waals surface area contributed by atoms with Crippen LogP contribution in [0.3, 0.4) is 0 Å². The molecule has 2 heterocycles. The van der Waals surface area contributed by atoms with Crippen LogP contribution < -0.4 is 15.8 Å². The van der Waals surface area contributed by atoms with Crippen LogP contribution in [0.15, 0.2) is 36.4 Å². The third-order valence-corrected chi connectivity index (χ3v) is 4.83. The van der Waals surface area contributed by atoms with Gasteiger partial charge in [-0.2, -0.15) is 0 Å². The van der Waals surface area contributed by atoms with Crippen molar-refractivity contribution in [3.63, 3.8) is 0 Å². The molecule has 1 aliphatic carbocycles. The van der Waals surface area contributed by atoms with Gasteiger partial charge in [-0.25, -0.2) is 4.98 Å². The molecule has 2 aromatic rings. The van der Waals surface area contributed by atoms with Gasteiger partial charge in [-0.3, -0.25) is 4.79 Å². The number of ether oxygens (including phenoxy) is 1. The molecule has 2 atom stereocenters. The average Bonchev–Trinajstić information content (AvgIpc) is 3.23. The minimum absolute atomic E-state index is 0. The number of nitrogens with one attached hydrogen (secondary N) is 1. The fourth-order valence-electron chi connectivity index (χ4n) is 3.49. The maximum absolute atomic E-state index is 12.3. The molecule has 0 radical (unpaired) electrons. The summed E-state index contributed by atoms with van der Waals surface area (Å²) in [6, 6.07) is 12.0. The number of nitrogens with zero attached hydrogens (tertiary/aromatic N) is 1. The fourth-order valence-corrected chi connectivity index (χ4v) is 3.49. The van der Waals surface area contributed by atoms with Crippen molar-refractivity contribution in [3.05, 3.63) is 42.0 Å². The summed E-state index contributed by atoms with van der Waals surface area (Å²) in [6.45, 7) is 0.742. The van der Waals surface area contributed by atoms with Gasteiger partial charge in [0.2, 0.25) is 5.91 Å². The predicted octanol–water partition coefficient (Wildman–Crippen LogP) is 3.59. The highest BCUT2D eigenvalue weighted by molar-refractivity contribution is 5.92. The number of fused-ring (bicyclic) bond motifs is 1. The zero-order chi connectivity index (χ0) is 16.5. The number of anilines is 1. The van der Waals surface area contributed by atoms with E-state index >= 15 is 0 Å². The largest absolute Gasteiger partial charge is 0.493 e. The smallest absolute Gasteiger partial charge is 0.228 e. The Hall–Kier alpha value is -1.82. The minimum atomic E-state index is 0. The number of rotatable bonds is 3. The van der Waals surface area contributed by atoms with Crippen LogP contribution in [0.2, 0.25) is 0 Å². The normalized spacial score (nSPS) is 20.3. The summed E-state index contributed by atoms with van der Waals surface area (Å²) in [5.41, 5.74) is 9.00. The van der Waals surface area contributed by atoms with E-state index in [2.05, 4.69) is 16.4 Å². The van der Waals surface area contributed by atoms with Crippen molar-refractivity contribution in [2.75, 3.05) is 11.9 Å². The number of carbonyl (C=O) groups is 1. The molecule has 0 spiro atoms. The van der Waals surface area contributed by atoms with Crippen LogP contribution in [0.1, 0.15) is 24.8 Å². The number of nitrogens with two attached hydrogens (primary N) is 1. The molecule has 1 aliphatic heterocycles. The highest BCUT2D eigenvalue weighted by Crippen LogP contribution is 2.30. The first-order valence-corrected chi connectivity index (χ1v) is 8.48. The number of pyridine rings is 1. The van der Waals surface area contributed by atoms with E-state index in [1.54, 1.807) is 0 Å². The summed E-state index contributed by atoms with van der Waals surface area (Å²) in [7, 11) is 0. The summed E-state index contributed by atoms with van der Waals surface area (Å²) in [5, 5.41) is 2.94. The van der Waals surface area contributed by atoms with Crippen molar-refractivity contribution in [1.29, 1.82) is 0 Å². The molecule has 1 aromatic carbocycles. The molecule has 26 heavy (non-hydrogen) atoms. The summed E-state index contributed by atoms with van der Waals surface area (Å²) in [6.07, 6.45) is 3.47. The lowest BCUT2D eigenvalue weighted by Gasteiger charge is -2.11. The first kappa shape index (κ1) is 20.5. The van der Waals surface area contributed by atoms with E-state index < -0.39 is 0 Å². The molecular formula is C19H23Cl2N3O2. The van der Waals surface area contributed by atoms with E-state index in [9.17, 15) is 4.79 Å². The molecule has 1 amide bonds. The Bertz CT molecular complexity index is 785. The van der Waals surface area contributed by atoms with Gasteiger partial charge in [0.15, 0.2) is 0 Å².